The van der Waals surface area contributed by atoms with Crippen molar-refractivity contribution in [1.29, 1.82) is 0 Å². The summed E-state index contributed by atoms with van der Waals surface area (Å²) in [4.78, 5) is 36.3. The molecule has 30 heavy (non-hydrogen) atoms. The van der Waals surface area contributed by atoms with Gasteiger partial charge in [-0.1, -0.05) is 6.08 Å². The third-order valence-corrected chi connectivity index (χ3v) is 7.07. The molecule has 0 aromatic carbocycles. The average molecular weight is 435 g/mol. The second-order valence-corrected chi connectivity index (χ2v) is 9.57. The van der Waals surface area contributed by atoms with E-state index >= 15 is 0 Å². The Kier molecular flexibility index (Phi) is 4.51. The molecule has 0 radical (unpaired) electrons. The molecule has 1 aromatic rings. The van der Waals surface area contributed by atoms with E-state index in [9.17, 15) is 28.1 Å². The maximum Gasteiger partial charge on any atom is 0.501 e. The lowest BCUT2D eigenvalue weighted by Gasteiger charge is -2.24. The number of sulfonamides is 1. The number of furan rings is 1. The first-order valence-electron chi connectivity index (χ1n) is 9.13. The molecule has 1 unspecified atom stereocenters. The van der Waals surface area contributed by atoms with Crippen LogP contribution in [0.25, 0.3) is 0 Å². The highest BCUT2D eigenvalue weighted by molar-refractivity contribution is 7.90. The van der Waals surface area contributed by atoms with Gasteiger partial charge >= 0.3 is 17.8 Å². The van der Waals surface area contributed by atoms with Crippen molar-refractivity contribution in [1.82, 2.24) is 9.62 Å². The van der Waals surface area contributed by atoms with Crippen LogP contribution in [0.15, 0.2) is 40.4 Å². The Morgan fingerprint density at radius 1 is 1.37 bits per heavy atom. The van der Waals surface area contributed by atoms with E-state index in [1.54, 1.807) is 0 Å². The van der Waals surface area contributed by atoms with Crippen molar-refractivity contribution in [3.8, 4) is 0 Å². The molecule has 2 heterocycles. The standard InChI is InChI=1S/C18H19N4O7S/c1-18(7-8-18)19-30(27,28)12-4-5-14-13(9-12)16(23)20(2)17(24)21(14)10-11-3-6-15(29-11)22(25)26/h3-6,9,12,19H,7-8,10H2,1-2H3/q+1. The number of nitrogens with one attached hydrogen (secondary N) is 1. The van der Waals surface area contributed by atoms with Crippen molar-refractivity contribution >= 4 is 33.6 Å². The third kappa shape index (κ3) is 3.48. The average Bonchev–Trinajstić information content (AvgIpc) is 3.21. The summed E-state index contributed by atoms with van der Waals surface area (Å²) in [7, 11) is -2.48. The molecule has 2 aliphatic carbocycles. The van der Waals surface area contributed by atoms with Crippen LogP contribution in [0.1, 0.15) is 25.5 Å². The molecule has 1 aliphatic heterocycles. The number of nitrogens with zero attached hydrogens (tertiary/aromatic N) is 3. The van der Waals surface area contributed by atoms with Crippen LogP contribution in [0.2, 0.25) is 0 Å². The lowest BCUT2D eigenvalue weighted by molar-refractivity contribution is -0.456. The second kappa shape index (κ2) is 6.71. The molecule has 1 fully saturated rings. The van der Waals surface area contributed by atoms with Crippen LogP contribution in [-0.2, 0) is 21.4 Å². The summed E-state index contributed by atoms with van der Waals surface area (Å²) in [5, 5.41) is 9.75. The van der Waals surface area contributed by atoms with Crippen molar-refractivity contribution in [2.45, 2.75) is 37.1 Å². The summed E-state index contributed by atoms with van der Waals surface area (Å²) in [6.45, 7) is 1.65. The second-order valence-electron chi connectivity index (χ2n) is 7.73. The lowest BCUT2D eigenvalue weighted by Crippen LogP contribution is -2.50. The van der Waals surface area contributed by atoms with Gasteiger partial charge in [-0.3, -0.25) is 10.1 Å². The quantitative estimate of drug-likeness (QED) is 0.400. The van der Waals surface area contributed by atoms with Crippen LogP contribution in [0.5, 0.6) is 0 Å². The number of urea groups is 1. The summed E-state index contributed by atoms with van der Waals surface area (Å²) < 4.78 is 34.4. The van der Waals surface area contributed by atoms with Gasteiger partial charge in [-0.2, -0.15) is 14.3 Å². The molecule has 0 bridgehead atoms. The summed E-state index contributed by atoms with van der Waals surface area (Å²) >= 11 is 0. The minimum Gasteiger partial charge on any atom is -0.402 e. The Hall–Kier alpha value is -3.12. The van der Waals surface area contributed by atoms with Crippen LogP contribution < -0.4 is 4.72 Å². The van der Waals surface area contributed by atoms with Gasteiger partial charge in [0.2, 0.25) is 10.0 Å². The van der Waals surface area contributed by atoms with Crippen LogP contribution in [-0.4, -0.2) is 58.3 Å². The first kappa shape index (κ1) is 20.2. The summed E-state index contributed by atoms with van der Waals surface area (Å²) in [5.74, 6) is -0.945. The van der Waals surface area contributed by atoms with Crippen molar-refractivity contribution in [2.75, 3.05) is 7.05 Å². The largest absolute Gasteiger partial charge is 0.501 e. The third-order valence-electron chi connectivity index (χ3n) is 5.28. The van der Waals surface area contributed by atoms with E-state index in [4.69, 9.17) is 4.42 Å². The van der Waals surface area contributed by atoms with Gasteiger partial charge in [0, 0.05) is 5.54 Å². The molecule has 158 valence electrons. The van der Waals surface area contributed by atoms with E-state index in [0.29, 0.717) is 0 Å². The molecule has 4 rings (SSSR count). The fourth-order valence-electron chi connectivity index (χ4n) is 3.30. The number of hydrogen-bond donors (Lipinski definition) is 1. The number of carbonyl (C=O) groups is 2. The van der Waals surface area contributed by atoms with Crippen LogP contribution in [0.4, 0.5) is 10.7 Å². The molecular weight excluding hydrogens is 416 g/mol. The zero-order chi connectivity index (χ0) is 21.8. The van der Waals surface area contributed by atoms with Gasteiger partial charge in [0.1, 0.15) is 21.5 Å². The molecule has 3 aliphatic rings. The summed E-state index contributed by atoms with van der Waals surface area (Å²) in [6.07, 6.45) is 5.61. The topological polar surface area (TPSA) is 143 Å². The van der Waals surface area contributed by atoms with Crippen molar-refractivity contribution in [3.05, 3.63) is 51.8 Å². The molecule has 11 nitrogen and oxygen atoms in total. The predicted molar refractivity (Wildman–Crippen MR) is 103 cm³/mol. The summed E-state index contributed by atoms with van der Waals surface area (Å²) in [5.41, 5.74) is -0.179. The van der Waals surface area contributed by atoms with Crippen LogP contribution >= 0.6 is 0 Å². The highest BCUT2D eigenvalue weighted by Gasteiger charge is 2.46. The zero-order valence-corrected chi connectivity index (χ0v) is 17.0. The molecule has 0 spiro atoms. The van der Waals surface area contributed by atoms with E-state index in [1.165, 1.54) is 42.0 Å². The highest BCUT2D eigenvalue weighted by Crippen LogP contribution is 2.36. The van der Waals surface area contributed by atoms with E-state index in [0.717, 1.165) is 17.7 Å². The minimum absolute atomic E-state index is 0.0666. The number of imide groups is 1. The number of likely N-dealkylation sites (N-methyl/N-ethyl adjacent to an activating group) is 1. The molecule has 0 saturated heterocycles. The Balaban J connectivity index is 1.70. The van der Waals surface area contributed by atoms with E-state index in [-0.39, 0.29) is 23.6 Å². The first-order chi connectivity index (χ1) is 14.0. The number of amides is 3. The number of fused-ring (bicyclic) bond motifs is 1. The van der Waals surface area contributed by atoms with Crippen molar-refractivity contribution in [2.24, 2.45) is 0 Å². The molecule has 1 saturated carbocycles. The smallest absolute Gasteiger partial charge is 0.402 e. The maximum atomic E-state index is 12.7. The van der Waals surface area contributed by atoms with Gasteiger partial charge < -0.3 is 4.42 Å². The fourth-order valence-corrected chi connectivity index (χ4v) is 4.93. The number of allylic oxidation sites excluding steroid dienone is 1. The monoisotopic (exact) mass is 435 g/mol. The Morgan fingerprint density at radius 3 is 2.67 bits per heavy atom. The van der Waals surface area contributed by atoms with E-state index in [1.807, 2.05) is 6.92 Å². The molecule has 1 atom stereocenters. The SMILES string of the molecule is CN1C(=O)C2=CC(S(=O)(=O)NC3(C)CC3)C=CC2=[N+](Cc2ccc([N+](=O)[O-])o2)C1=O. The van der Waals surface area contributed by atoms with Crippen LogP contribution in [0.3, 0.4) is 0 Å². The van der Waals surface area contributed by atoms with Gasteiger partial charge in [0.25, 0.3) is 0 Å². The molecule has 12 heteroatoms. The Labute approximate surface area is 171 Å². The van der Waals surface area contributed by atoms with E-state index in [2.05, 4.69) is 4.72 Å². The highest BCUT2D eigenvalue weighted by atomic mass is 32.2. The van der Waals surface area contributed by atoms with Gasteiger partial charge in [-0.25, -0.2) is 17.9 Å². The molecule has 3 amide bonds. The maximum absolute atomic E-state index is 12.7. The fraction of sp³-hybridized carbons (Fsp3) is 0.389. The van der Waals surface area contributed by atoms with Gasteiger partial charge in [0.15, 0.2) is 12.3 Å². The van der Waals surface area contributed by atoms with Crippen molar-refractivity contribution in [3.63, 3.8) is 0 Å². The van der Waals surface area contributed by atoms with E-state index < -0.39 is 43.6 Å². The van der Waals surface area contributed by atoms with Gasteiger partial charge in [-0.05, 0) is 38.0 Å². The zero-order valence-electron chi connectivity index (χ0n) is 16.2. The van der Waals surface area contributed by atoms with Crippen LogP contribution in [0, 0.1) is 10.1 Å². The van der Waals surface area contributed by atoms with Crippen molar-refractivity contribution < 1.29 is 31.9 Å². The first-order valence-corrected chi connectivity index (χ1v) is 10.7. The minimum atomic E-state index is -3.76. The number of carbonyl (C=O) groups excluding carboxylic acids is 2. The predicted octanol–water partition coefficient (Wildman–Crippen LogP) is 1.07. The number of nitro groups is 1. The molecular formula is C18H19N4O7S+. The Bertz CT molecular complexity index is 1170. The number of hydrogen-bond acceptors (Lipinski definition) is 7. The molecule has 1 aromatic heterocycles. The lowest BCUT2D eigenvalue weighted by atomic mass is 10.00. The van der Waals surface area contributed by atoms with Gasteiger partial charge in [-0.15, -0.1) is 0 Å². The number of rotatable bonds is 6. The normalized spacial score (nSPS) is 22.8. The van der Waals surface area contributed by atoms with Gasteiger partial charge in [0.05, 0.1) is 13.1 Å². The Morgan fingerprint density at radius 2 is 2.07 bits per heavy atom. The summed E-state index contributed by atoms with van der Waals surface area (Å²) in [6, 6.07) is 1.88. The molecule has 1 N–H and O–H groups in total.